The van der Waals surface area contributed by atoms with Crippen LogP contribution in [0.1, 0.15) is 35.3 Å². The number of nitrogens with one attached hydrogen (secondary N) is 2. The van der Waals surface area contributed by atoms with E-state index in [-0.39, 0.29) is 35.5 Å². The van der Waals surface area contributed by atoms with E-state index in [2.05, 4.69) is 15.3 Å². The molecule has 0 saturated heterocycles. The van der Waals surface area contributed by atoms with Gasteiger partial charge < -0.3 is 20.1 Å². The smallest absolute Gasteiger partial charge is 0.338 e. The van der Waals surface area contributed by atoms with E-state index >= 15 is 0 Å². The van der Waals surface area contributed by atoms with Crippen molar-refractivity contribution in [2.75, 3.05) is 11.9 Å². The highest BCUT2D eigenvalue weighted by atomic mass is 32.2. The van der Waals surface area contributed by atoms with E-state index in [4.69, 9.17) is 4.74 Å². The van der Waals surface area contributed by atoms with Gasteiger partial charge in [0, 0.05) is 12.1 Å². The van der Waals surface area contributed by atoms with Gasteiger partial charge in [0.05, 0.1) is 23.0 Å². The zero-order valence-corrected chi connectivity index (χ0v) is 18.4. The van der Waals surface area contributed by atoms with Crippen molar-refractivity contribution < 1.29 is 19.4 Å². The minimum absolute atomic E-state index is 0.143. The molecule has 1 heterocycles. The van der Waals surface area contributed by atoms with E-state index in [0.717, 1.165) is 17.3 Å². The third-order valence-corrected chi connectivity index (χ3v) is 5.50. The van der Waals surface area contributed by atoms with Crippen LogP contribution in [0.2, 0.25) is 0 Å². The Hall–Kier alpha value is -3.59. The molecule has 0 spiro atoms. The van der Waals surface area contributed by atoms with Crippen molar-refractivity contribution in [1.29, 1.82) is 0 Å². The Morgan fingerprint density at radius 1 is 1.16 bits per heavy atom. The van der Waals surface area contributed by atoms with Crippen LogP contribution in [0.4, 0.5) is 5.69 Å². The summed E-state index contributed by atoms with van der Waals surface area (Å²) in [5, 5.41) is 12.5. The molecule has 8 nitrogen and oxygen atoms in total. The van der Waals surface area contributed by atoms with Gasteiger partial charge in [0.2, 0.25) is 11.8 Å². The number of rotatable bonds is 8. The van der Waals surface area contributed by atoms with Gasteiger partial charge in [0.25, 0.3) is 5.56 Å². The van der Waals surface area contributed by atoms with Gasteiger partial charge in [0.15, 0.2) is 5.16 Å². The molecular formula is C23H23N3O5S. The lowest BCUT2D eigenvalue weighted by atomic mass is 10.1. The van der Waals surface area contributed by atoms with Crippen LogP contribution in [0, 0.1) is 0 Å². The number of benzene rings is 2. The van der Waals surface area contributed by atoms with Gasteiger partial charge in [-0.25, -0.2) is 4.79 Å². The Bertz CT molecular complexity index is 1150. The number of esters is 1. The quantitative estimate of drug-likeness (QED) is 0.272. The summed E-state index contributed by atoms with van der Waals surface area (Å²) in [6.07, 6.45) is 0.248. The van der Waals surface area contributed by atoms with Gasteiger partial charge in [0.1, 0.15) is 0 Å². The summed E-state index contributed by atoms with van der Waals surface area (Å²) < 4.78 is 4.93. The topological polar surface area (TPSA) is 121 Å². The maximum absolute atomic E-state index is 12.5. The molecule has 3 aromatic rings. The lowest BCUT2D eigenvalue weighted by Crippen LogP contribution is -2.23. The number of ether oxygens (including phenoxy) is 1. The largest absolute Gasteiger partial charge is 0.493 e. The predicted molar refractivity (Wildman–Crippen MR) is 122 cm³/mol. The highest BCUT2D eigenvalue weighted by Gasteiger charge is 2.19. The van der Waals surface area contributed by atoms with Crippen molar-refractivity contribution in [2.45, 2.75) is 30.7 Å². The Morgan fingerprint density at radius 2 is 1.84 bits per heavy atom. The molecule has 0 unspecified atom stereocenters. The molecular weight excluding hydrogens is 430 g/mol. The van der Waals surface area contributed by atoms with Crippen molar-refractivity contribution >= 4 is 29.3 Å². The van der Waals surface area contributed by atoms with E-state index in [1.54, 1.807) is 38.1 Å². The second-order valence-corrected chi connectivity index (χ2v) is 8.21. The zero-order chi connectivity index (χ0) is 23.1. The predicted octanol–water partition coefficient (Wildman–Crippen LogP) is 3.36. The van der Waals surface area contributed by atoms with Crippen LogP contribution in [-0.4, -0.2) is 38.8 Å². The molecule has 166 valence electrons. The lowest BCUT2D eigenvalue weighted by Gasteiger charge is -2.12. The Labute approximate surface area is 189 Å². The van der Waals surface area contributed by atoms with Gasteiger partial charge >= 0.3 is 5.97 Å². The molecule has 1 amide bonds. The number of nitrogens with zero attached hydrogens (tertiary/aromatic N) is 1. The molecule has 0 saturated carbocycles. The van der Waals surface area contributed by atoms with E-state index < -0.39 is 16.8 Å². The fraction of sp³-hybridized carbons (Fsp3) is 0.217. The van der Waals surface area contributed by atoms with E-state index in [0.29, 0.717) is 11.3 Å². The second kappa shape index (κ2) is 10.6. The maximum atomic E-state index is 12.5. The van der Waals surface area contributed by atoms with Crippen LogP contribution < -0.4 is 10.9 Å². The van der Waals surface area contributed by atoms with Gasteiger partial charge in [-0.1, -0.05) is 42.1 Å². The van der Waals surface area contributed by atoms with Crippen LogP contribution in [0.3, 0.4) is 0 Å². The second-order valence-electron chi connectivity index (χ2n) is 6.88. The number of carbonyl (C=O) groups is 2. The number of anilines is 1. The molecule has 2 aromatic carbocycles. The van der Waals surface area contributed by atoms with E-state index in [9.17, 15) is 19.5 Å². The van der Waals surface area contributed by atoms with Crippen molar-refractivity contribution in [1.82, 2.24) is 9.97 Å². The van der Waals surface area contributed by atoms with Crippen LogP contribution in [-0.2, 0) is 16.0 Å². The maximum Gasteiger partial charge on any atom is 0.338 e. The number of hydrogen-bond donors (Lipinski definition) is 3. The first-order valence-corrected chi connectivity index (χ1v) is 10.9. The highest BCUT2D eigenvalue weighted by molar-refractivity contribution is 8.00. The number of hydrogen-bond acceptors (Lipinski definition) is 7. The fourth-order valence-corrected chi connectivity index (χ4v) is 3.64. The number of amides is 1. The highest BCUT2D eigenvalue weighted by Crippen LogP contribution is 2.23. The van der Waals surface area contributed by atoms with Crippen LogP contribution in [0.5, 0.6) is 5.88 Å². The molecule has 0 aliphatic rings. The number of carbonyl (C=O) groups excluding carboxylic acids is 2. The van der Waals surface area contributed by atoms with Gasteiger partial charge in [-0.3, -0.25) is 9.59 Å². The van der Waals surface area contributed by atoms with Gasteiger partial charge in [-0.15, -0.1) is 0 Å². The van der Waals surface area contributed by atoms with Crippen molar-refractivity contribution in [3.8, 4) is 5.88 Å². The number of aromatic amines is 1. The molecule has 1 atom stereocenters. The third kappa shape index (κ3) is 5.98. The van der Waals surface area contributed by atoms with Gasteiger partial charge in [-0.2, -0.15) is 4.98 Å². The average molecular weight is 454 g/mol. The van der Waals surface area contributed by atoms with Crippen molar-refractivity contribution in [2.24, 2.45) is 0 Å². The van der Waals surface area contributed by atoms with Crippen LogP contribution in [0.25, 0.3) is 0 Å². The lowest BCUT2D eigenvalue weighted by molar-refractivity contribution is -0.115. The Morgan fingerprint density at radius 3 is 2.47 bits per heavy atom. The first-order chi connectivity index (χ1) is 15.4. The molecule has 0 aliphatic carbocycles. The molecule has 0 aliphatic heterocycles. The summed E-state index contributed by atoms with van der Waals surface area (Å²) in [6.45, 7) is 3.66. The molecule has 9 heteroatoms. The van der Waals surface area contributed by atoms with Crippen molar-refractivity contribution in [3.63, 3.8) is 0 Å². The van der Waals surface area contributed by atoms with E-state index in [1.165, 1.54) is 0 Å². The number of H-pyrrole nitrogens is 1. The molecule has 32 heavy (non-hydrogen) atoms. The minimum Gasteiger partial charge on any atom is -0.493 e. The number of aromatic nitrogens is 2. The summed E-state index contributed by atoms with van der Waals surface area (Å²) in [4.78, 5) is 43.3. The summed E-state index contributed by atoms with van der Waals surface area (Å²) in [5.41, 5.74) is 1.49. The van der Waals surface area contributed by atoms with Crippen LogP contribution >= 0.6 is 11.8 Å². The fourth-order valence-electron chi connectivity index (χ4n) is 2.85. The van der Waals surface area contributed by atoms with E-state index in [1.807, 2.05) is 30.3 Å². The standard InChI is InChI=1S/C23H23N3O5S/c1-3-31-22(30)16-9-11-17(12-10-16)24-19(27)14(2)32-23-25-20(28)18(21(29)26-23)13-15-7-5-4-6-8-15/h4-12,14H,3,13H2,1-2H3,(H,24,27)(H2,25,26,28,29)/t14-/m1/s1. The monoisotopic (exact) mass is 453 g/mol. The Balaban J connectivity index is 1.63. The molecule has 0 bridgehead atoms. The molecule has 1 aromatic heterocycles. The first kappa shape index (κ1) is 23.1. The van der Waals surface area contributed by atoms with Gasteiger partial charge in [-0.05, 0) is 43.7 Å². The summed E-state index contributed by atoms with van der Waals surface area (Å²) in [7, 11) is 0. The number of thioether (sulfide) groups is 1. The van der Waals surface area contributed by atoms with Crippen molar-refractivity contribution in [3.05, 3.63) is 81.6 Å². The Kier molecular flexibility index (Phi) is 7.67. The number of aromatic hydroxyl groups is 1. The normalized spacial score (nSPS) is 11.6. The third-order valence-electron chi connectivity index (χ3n) is 4.52. The minimum atomic E-state index is -0.609. The SMILES string of the molecule is CCOC(=O)c1ccc(NC(=O)[C@@H](C)Sc2nc(O)c(Cc3ccccc3)c(=O)[nH]2)cc1. The molecule has 3 rings (SSSR count). The molecule has 0 radical (unpaired) electrons. The van der Waals surface area contributed by atoms with Crippen LogP contribution in [0.15, 0.2) is 64.5 Å². The zero-order valence-electron chi connectivity index (χ0n) is 17.6. The molecule has 0 fully saturated rings. The molecule has 3 N–H and O–H groups in total. The average Bonchev–Trinajstić information content (AvgIpc) is 2.77. The first-order valence-electron chi connectivity index (χ1n) is 9.98. The summed E-state index contributed by atoms with van der Waals surface area (Å²) in [6, 6.07) is 15.6. The summed E-state index contributed by atoms with van der Waals surface area (Å²) in [5.74, 6) is -1.11. The summed E-state index contributed by atoms with van der Waals surface area (Å²) >= 11 is 1.02.